The first-order valence-corrected chi connectivity index (χ1v) is 5.42. The van der Waals surface area contributed by atoms with Gasteiger partial charge in [0.25, 0.3) is 0 Å². The zero-order chi connectivity index (χ0) is 11.2. The molecule has 0 amide bonds. The van der Waals surface area contributed by atoms with Crippen molar-refractivity contribution in [2.45, 2.75) is 33.1 Å². The van der Waals surface area contributed by atoms with Crippen molar-refractivity contribution in [3.63, 3.8) is 0 Å². The highest BCUT2D eigenvalue weighted by molar-refractivity contribution is 5.69. The first kappa shape index (κ1) is 10.2. The molecule has 1 aliphatic heterocycles. The number of hydrogen-bond acceptors (Lipinski definition) is 2. The highest BCUT2D eigenvalue weighted by Crippen LogP contribution is 2.46. The third kappa shape index (κ3) is 1.28. The van der Waals surface area contributed by atoms with Crippen molar-refractivity contribution in [2.24, 2.45) is 0 Å². The van der Waals surface area contributed by atoms with Crippen LogP contribution in [0.1, 0.15) is 32.0 Å². The van der Waals surface area contributed by atoms with Crippen molar-refractivity contribution in [3.8, 4) is 0 Å². The first-order chi connectivity index (χ1) is 6.98. The minimum atomic E-state index is 0.0199. The molecule has 0 aromatic carbocycles. The Hall–Kier alpha value is -1.31. The molecule has 1 aliphatic rings. The Balaban J connectivity index is 2.65. The molecule has 1 aromatic heterocycles. The van der Waals surface area contributed by atoms with Gasteiger partial charge in [0.1, 0.15) is 0 Å². The maximum Gasteiger partial charge on any atom is 0.0484 e. The number of hydrogen-bond donors (Lipinski definition) is 0. The minimum absolute atomic E-state index is 0.0199. The smallest absolute Gasteiger partial charge is 0.0484 e. The van der Waals surface area contributed by atoms with E-state index < -0.39 is 0 Å². The van der Waals surface area contributed by atoms with Crippen LogP contribution in [0.25, 0.3) is 0 Å². The van der Waals surface area contributed by atoms with Gasteiger partial charge in [-0.1, -0.05) is 20.4 Å². The lowest BCUT2D eigenvalue weighted by atomic mass is 9.85. The van der Waals surface area contributed by atoms with Gasteiger partial charge in [0.2, 0.25) is 0 Å². The number of likely N-dealkylation sites (N-methyl/N-ethyl adjacent to an activating group) is 1. The quantitative estimate of drug-likeness (QED) is 0.696. The fourth-order valence-electron chi connectivity index (χ4n) is 2.25. The van der Waals surface area contributed by atoms with E-state index in [4.69, 9.17) is 0 Å². The van der Waals surface area contributed by atoms with Crippen LogP contribution in [-0.4, -0.2) is 11.5 Å². The second-order valence-electron chi connectivity index (χ2n) is 4.66. The molecule has 0 aliphatic carbocycles. The minimum Gasteiger partial charge on any atom is -0.345 e. The molecule has 0 N–H and O–H groups in total. The number of fused-ring (bicyclic) bond motifs is 1. The topological polar surface area (TPSA) is 16.1 Å². The molecular formula is C13H18N2. The van der Waals surface area contributed by atoms with E-state index >= 15 is 0 Å². The van der Waals surface area contributed by atoms with Gasteiger partial charge >= 0.3 is 0 Å². The van der Waals surface area contributed by atoms with E-state index in [1.165, 1.54) is 16.9 Å². The van der Waals surface area contributed by atoms with Crippen molar-refractivity contribution in [1.82, 2.24) is 4.98 Å². The maximum absolute atomic E-state index is 4.38. The van der Waals surface area contributed by atoms with Crippen molar-refractivity contribution >= 4 is 5.69 Å². The summed E-state index contributed by atoms with van der Waals surface area (Å²) in [5, 5.41) is 0. The third-order valence-electron chi connectivity index (χ3n) is 3.35. The Morgan fingerprint density at radius 3 is 2.73 bits per heavy atom. The highest BCUT2D eigenvalue weighted by Gasteiger charge is 2.38. The Bertz CT molecular complexity index is 419. The van der Waals surface area contributed by atoms with Crippen LogP contribution in [0.3, 0.4) is 0 Å². The monoisotopic (exact) mass is 202 g/mol. The first-order valence-electron chi connectivity index (χ1n) is 5.42. The van der Waals surface area contributed by atoms with Crippen LogP contribution < -0.4 is 4.90 Å². The number of nitrogens with zero attached hydrogens (tertiary/aromatic N) is 2. The molecule has 80 valence electrons. The molecule has 0 radical (unpaired) electrons. The molecule has 0 atom stereocenters. The summed E-state index contributed by atoms with van der Waals surface area (Å²) in [6.45, 7) is 13.8. The summed E-state index contributed by atoms with van der Waals surface area (Å²) in [6, 6.07) is 2.15. The van der Waals surface area contributed by atoms with E-state index in [1.807, 2.05) is 13.1 Å². The number of anilines is 1. The number of pyridine rings is 1. The molecule has 2 rings (SSSR count). The van der Waals surface area contributed by atoms with Gasteiger partial charge in [0.05, 0.1) is 0 Å². The van der Waals surface area contributed by atoms with Crippen LogP contribution in [0.15, 0.2) is 24.5 Å². The lowest BCUT2D eigenvalue weighted by Gasteiger charge is -2.24. The van der Waals surface area contributed by atoms with Gasteiger partial charge in [-0.2, -0.15) is 0 Å². The number of rotatable bonds is 1. The van der Waals surface area contributed by atoms with E-state index in [-0.39, 0.29) is 5.41 Å². The van der Waals surface area contributed by atoms with Crippen LogP contribution in [0.4, 0.5) is 5.69 Å². The van der Waals surface area contributed by atoms with Gasteiger partial charge in [-0.05, 0) is 19.9 Å². The molecule has 1 aromatic rings. The van der Waals surface area contributed by atoms with Crippen LogP contribution in [0, 0.1) is 6.92 Å². The maximum atomic E-state index is 4.38. The van der Waals surface area contributed by atoms with Crippen LogP contribution in [0.2, 0.25) is 0 Å². The number of aryl methyl sites for hydroxylation is 1. The van der Waals surface area contributed by atoms with Crippen molar-refractivity contribution in [1.29, 1.82) is 0 Å². The van der Waals surface area contributed by atoms with Gasteiger partial charge in [0, 0.05) is 40.8 Å². The van der Waals surface area contributed by atoms with Crippen molar-refractivity contribution < 1.29 is 0 Å². The SMILES string of the molecule is C=C1N(CC)c2cc(C)ncc2C1(C)C. The predicted molar refractivity (Wildman–Crippen MR) is 64.2 cm³/mol. The Labute approximate surface area is 91.6 Å². The Morgan fingerprint density at radius 1 is 1.47 bits per heavy atom. The lowest BCUT2D eigenvalue weighted by molar-refractivity contribution is 0.634. The summed E-state index contributed by atoms with van der Waals surface area (Å²) in [7, 11) is 0. The summed E-state index contributed by atoms with van der Waals surface area (Å²) in [4.78, 5) is 6.66. The van der Waals surface area contributed by atoms with Crippen LogP contribution in [-0.2, 0) is 5.41 Å². The normalized spacial score (nSPS) is 18.1. The third-order valence-corrected chi connectivity index (χ3v) is 3.35. The van der Waals surface area contributed by atoms with E-state index in [9.17, 15) is 0 Å². The largest absolute Gasteiger partial charge is 0.345 e. The Morgan fingerprint density at radius 2 is 2.13 bits per heavy atom. The molecule has 2 heteroatoms. The van der Waals surface area contributed by atoms with Gasteiger partial charge in [0.15, 0.2) is 0 Å². The molecular weight excluding hydrogens is 184 g/mol. The zero-order valence-corrected chi connectivity index (χ0v) is 9.96. The molecule has 0 fully saturated rings. The average molecular weight is 202 g/mol. The highest BCUT2D eigenvalue weighted by atomic mass is 15.2. The second kappa shape index (κ2) is 3.09. The summed E-state index contributed by atoms with van der Waals surface area (Å²) < 4.78 is 0. The molecule has 15 heavy (non-hydrogen) atoms. The molecule has 2 nitrogen and oxygen atoms in total. The average Bonchev–Trinajstić information content (AvgIpc) is 2.35. The van der Waals surface area contributed by atoms with Gasteiger partial charge in [-0.25, -0.2) is 0 Å². The fraction of sp³-hybridized carbons (Fsp3) is 0.462. The molecule has 0 spiro atoms. The predicted octanol–water partition coefficient (Wildman–Crippen LogP) is 3.02. The molecule has 2 heterocycles. The summed E-state index contributed by atoms with van der Waals surface area (Å²) >= 11 is 0. The van der Waals surface area contributed by atoms with E-state index in [0.29, 0.717) is 0 Å². The zero-order valence-electron chi connectivity index (χ0n) is 9.96. The lowest BCUT2D eigenvalue weighted by Crippen LogP contribution is -2.24. The van der Waals surface area contributed by atoms with Crippen molar-refractivity contribution in [2.75, 3.05) is 11.4 Å². The molecule has 0 saturated carbocycles. The molecule has 0 saturated heterocycles. The summed E-state index contributed by atoms with van der Waals surface area (Å²) in [6.07, 6.45) is 1.99. The van der Waals surface area contributed by atoms with Crippen LogP contribution in [0.5, 0.6) is 0 Å². The summed E-state index contributed by atoms with van der Waals surface area (Å²) in [5.74, 6) is 0. The van der Waals surface area contributed by atoms with Gasteiger partial charge in [-0.15, -0.1) is 0 Å². The van der Waals surface area contributed by atoms with E-state index in [2.05, 4.69) is 43.3 Å². The second-order valence-corrected chi connectivity index (χ2v) is 4.66. The number of aromatic nitrogens is 1. The number of allylic oxidation sites excluding steroid dienone is 1. The van der Waals surface area contributed by atoms with Gasteiger partial charge in [-0.3, -0.25) is 4.98 Å². The Kier molecular flexibility index (Phi) is 2.10. The summed E-state index contributed by atoms with van der Waals surface area (Å²) in [5.41, 5.74) is 4.83. The molecule has 0 unspecified atom stereocenters. The van der Waals surface area contributed by atoms with Gasteiger partial charge < -0.3 is 4.90 Å². The fourth-order valence-corrected chi connectivity index (χ4v) is 2.25. The van der Waals surface area contributed by atoms with E-state index in [1.54, 1.807) is 0 Å². The van der Waals surface area contributed by atoms with E-state index in [0.717, 1.165) is 12.2 Å². The van der Waals surface area contributed by atoms with Crippen LogP contribution >= 0.6 is 0 Å². The van der Waals surface area contributed by atoms with Crippen molar-refractivity contribution in [3.05, 3.63) is 35.8 Å². The standard InChI is InChI=1S/C13H18N2/c1-6-15-10(3)13(4,5)11-8-14-9(2)7-12(11)15/h7-8H,3,6H2,1-2,4-5H3. The molecule has 0 bridgehead atoms.